The molecule has 1 saturated heterocycles. The molecule has 0 bridgehead atoms. The van der Waals surface area contributed by atoms with Crippen molar-refractivity contribution in [1.29, 1.82) is 0 Å². The second-order valence-electron chi connectivity index (χ2n) is 3.42. The smallest absolute Gasteiger partial charge is 0.414 e. The summed E-state index contributed by atoms with van der Waals surface area (Å²) in [6.07, 6.45) is -0.334. The Hall–Kier alpha value is -1.43. The van der Waals surface area contributed by atoms with Crippen molar-refractivity contribution in [3.05, 3.63) is 16.6 Å². The topological polar surface area (TPSA) is 48.0 Å². The fraction of sp³-hybridized carbons (Fsp3) is 0.300. The fourth-order valence-corrected chi connectivity index (χ4v) is 2.26. The average molecular weight is 286 g/mol. The van der Waals surface area contributed by atoms with Gasteiger partial charge in [-0.15, -0.1) is 0 Å². The maximum Gasteiger partial charge on any atom is 0.414 e. The predicted octanol–water partition coefficient (Wildman–Crippen LogP) is 2.13. The third-order valence-corrected chi connectivity index (χ3v) is 3.13. The Balaban J connectivity index is 2.04. The van der Waals surface area contributed by atoms with Crippen LogP contribution in [0.3, 0.4) is 0 Å². The van der Waals surface area contributed by atoms with Gasteiger partial charge in [-0.3, -0.25) is 4.90 Å². The van der Waals surface area contributed by atoms with Crippen LogP contribution in [0.4, 0.5) is 10.5 Å². The summed E-state index contributed by atoms with van der Waals surface area (Å²) in [7, 11) is 0. The highest BCUT2D eigenvalue weighted by atomic mass is 79.9. The van der Waals surface area contributed by atoms with Gasteiger partial charge in [0.2, 0.25) is 6.79 Å². The number of amides is 1. The Labute approximate surface area is 100 Å². The van der Waals surface area contributed by atoms with E-state index in [9.17, 15) is 4.79 Å². The first-order valence-electron chi connectivity index (χ1n) is 4.79. The van der Waals surface area contributed by atoms with Crippen molar-refractivity contribution in [2.75, 3.05) is 24.8 Å². The SMILES string of the molecule is O=C1OCCN1c1cc2c(cc1Br)OCO2. The largest absolute Gasteiger partial charge is 0.454 e. The fourth-order valence-electron chi connectivity index (χ4n) is 1.73. The van der Waals surface area contributed by atoms with Gasteiger partial charge in [0.15, 0.2) is 11.5 Å². The van der Waals surface area contributed by atoms with Crippen molar-refractivity contribution in [2.45, 2.75) is 0 Å². The molecule has 2 aliphatic heterocycles. The van der Waals surface area contributed by atoms with Gasteiger partial charge in [-0.2, -0.15) is 0 Å². The van der Waals surface area contributed by atoms with Gasteiger partial charge < -0.3 is 14.2 Å². The molecule has 0 atom stereocenters. The minimum atomic E-state index is -0.334. The van der Waals surface area contributed by atoms with E-state index in [1.54, 1.807) is 17.0 Å². The Morgan fingerprint density at radius 1 is 1.19 bits per heavy atom. The molecule has 1 aromatic carbocycles. The van der Waals surface area contributed by atoms with Gasteiger partial charge in [-0.25, -0.2) is 4.79 Å². The van der Waals surface area contributed by atoms with Crippen LogP contribution in [0.1, 0.15) is 0 Å². The Kier molecular flexibility index (Phi) is 2.17. The summed E-state index contributed by atoms with van der Waals surface area (Å²) < 4.78 is 16.2. The van der Waals surface area contributed by atoms with Crippen LogP contribution in [-0.2, 0) is 4.74 Å². The number of rotatable bonds is 1. The number of fused-ring (bicyclic) bond motifs is 1. The molecule has 16 heavy (non-hydrogen) atoms. The highest BCUT2D eigenvalue weighted by molar-refractivity contribution is 9.10. The van der Waals surface area contributed by atoms with E-state index in [0.717, 1.165) is 10.2 Å². The summed E-state index contributed by atoms with van der Waals surface area (Å²) in [6.45, 7) is 1.19. The van der Waals surface area contributed by atoms with E-state index < -0.39 is 0 Å². The molecule has 0 aliphatic carbocycles. The number of carbonyl (C=O) groups excluding carboxylic acids is 1. The van der Waals surface area contributed by atoms with Gasteiger partial charge in [-0.1, -0.05) is 0 Å². The molecule has 0 spiro atoms. The van der Waals surface area contributed by atoms with E-state index in [1.165, 1.54) is 0 Å². The van der Waals surface area contributed by atoms with Crippen molar-refractivity contribution in [1.82, 2.24) is 0 Å². The predicted molar refractivity (Wildman–Crippen MR) is 59.0 cm³/mol. The third-order valence-electron chi connectivity index (χ3n) is 2.49. The molecular formula is C10H8BrNO4. The molecule has 1 aromatic rings. The summed E-state index contributed by atoms with van der Waals surface area (Å²) in [4.78, 5) is 13.0. The van der Waals surface area contributed by atoms with E-state index in [-0.39, 0.29) is 12.9 Å². The molecule has 0 radical (unpaired) electrons. The van der Waals surface area contributed by atoms with Crippen molar-refractivity contribution >= 4 is 27.7 Å². The molecule has 5 nitrogen and oxygen atoms in total. The van der Waals surface area contributed by atoms with Crippen LogP contribution < -0.4 is 14.4 Å². The number of benzene rings is 1. The number of carbonyl (C=O) groups is 1. The van der Waals surface area contributed by atoms with E-state index in [0.29, 0.717) is 24.7 Å². The third kappa shape index (κ3) is 1.41. The molecule has 0 saturated carbocycles. The number of nitrogens with zero attached hydrogens (tertiary/aromatic N) is 1. The zero-order valence-corrected chi connectivity index (χ0v) is 9.82. The molecule has 1 amide bonds. The molecule has 0 unspecified atom stereocenters. The quantitative estimate of drug-likeness (QED) is 0.793. The standard InChI is InChI=1S/C10H8BrNO4/c11-6-3-8-9(16-5-15-8)4-7(6)12-1-2-14-10(12)13/h3-4H,1-2,5H2. The van der Waals surface area contributed by atoms with Crippen molar-refractivity contribution in [3.8, 4) is 11.5 Å². The van der Waals surface area contributed by atoms with Crippen molar-refractivity contribution < 1.29 is 19.0 Å². The van der Waals surface area contributed by atoms with Crippen molar-refractivity contribution in [3.63, 3.8) is 0 Å². The van der Waals surface area contributed by atoms with Gasteiger partial charge in [0, 0.05) is 16.6 Å². The van der Waals surface area contributed by atoms with Gasteiger partial charge in [-0.05, 0) is 15.9 Å². The number of cyclic esters (lactones) is 1. The summed E-state index contributed by atoms with van der Waals surface area (Å²) in [5, 5.41) is 0. The Morgan fingerprint density at radius 3 is 2.62 bits per heavy atom. The average Bonchev–Trinajstić information content (AvgIpc) is 2.85. The summed E-state index contributed by atoms with van der Waals surface area (Å²) in [5.74, 6) is 1.33. The lowest BCUT2D eigenvalue weighted by molar-refractivity contribution is 0.174. The molecule has 1 fully saturated rings. The number of ether oxygens (including phenoxy) is 3. The molecule has 0 aromatic heterocycles. The van der Waals surface area contributed by atoms with Gasteiger partial charge >= 0.3 is 6.09 Å². The van der Waals surface area contributed by atoms with Crippen LogP contribution >= 0.6 is 15.9 Å². The zero-order chi connectivity index (χ0) is 11.1. The molecule has 3 rings (SSSR count). The minimum Gasteiger partial charge on any atom is -0.454 e. The lowest BCUT2D eigenvalue weighted by atomic mass is 10.2. The first-order chi connectivity index (χ1) is 7.75. The minimum absolute atomic E-state index is 0.218. The lowest BCUT2D eigenvalue weighted by Gasteiger charge is -2.15. The molecule has 2 aliphatic rings. The highest BCUT2D eigenvalue weighted by Gasteiger charge is 2.27. The van der Waals surface area contributed by atoms with Gasteiger partial charge in [0.05, 0.1) is 12.2 Å². The monoisotopic (exact) mass is 285 g/mol. The summed E-state index contributed by atoms with van der Waals surface area (Å²) in [5.41, 5.74) is 0.742. The first kappa shape index (κ1) is 9.77. The van der Waals surface area contributed by atoms with E-state index in [4.69, 9.17) is 14.2 Å². The number of hydrogen-bond acceptors (Lipinski definition) is 4. The van der Waals surface area contributed by atoms with E-state index in [2.05, 4.69) is 15.9 Å². The lowest BCUT2D eigenvalue weighted by Crippen LogP contribution is -2.23. The summed E-state index contributed by atoms with van der Waals surface area (Å²) in [6, 6.07) is 3.57. The second-order valence-corrected chi connectivity index (χ2v) is 4.28. The number of hydrogen-bond donors (Lipinski definition) is 0. The summed E-state index contributed by atoms with van der Waals surface area (Å²) >= 11 is 3.40. The van der Waals surface area contributed by atoms with Crippen LogP contribution in [0.15, 0.2) is 16.6 Å². The van der Waals surface area contributed by atoms with Crippen LogP contribution in [0.5, 0.6) is 11.5 Å². The Morgan fingerprint density at radius 2 is 1.94 bits per heavy atom. The van der Waals surface area contributed by atoms with Gasteiger partial charge in [0.1, 0.15) is 6.61 Å². The molecular weight excluding hydrogens is 278 g/mol. The number of halogens is 1. The van der Waals surface area contributed by atoms with Crippen LogP contribution in [-0.4, -0.2) is 26.0 Å². The molecule has 6 heteroatoms. The maximum absolute atomic E-state index is 11.4. The maximum atomic E-state index is 11.4. The van der Waals surface area contributed by atoms with E-state index in [1.807, 2.05) is 0 Å². The van der Waals surface area contributed by atoms with Crippen molar-refractivity contribution in [2.24, 2.45) is 0 Å². The van der Waals surface area contributed by atoms with Gasteiger partial charge in [0.25, 0.3) is 0 Å². The van der Waals surface area contributed by atoms with Crippen LogP contribution in [0.25, 0.3) is 0 Å². The molecule has 0 N–H and O–H groups in total. The second kappa shape index (κ2) is 3.55. The first-order valence-corrected chi connectivity index (χ1v) is 5.58. The molecule has 2 heterocycles. The Bertz CT molecular complexity index is 462. The molecule has 84 valence electrons. The van der Waals surface area contributed by atoms with E-state index >= 15 is 0 Å². The zero-order valence-electron chi connectivity index (χ0n) is 8.23. The normalized spacial score (nSPS) is 17.8. The highest BCUT2D eigenvalue weighted by Crippen LogP contribution is 2.41. The van der Waals surface area contributed by atoms with Crippen LogP contribution in [0, 0.1) is 0 Å². The number of anilines is 1. The van der Waals surface area contributed by atoms with Crippen LogP contribution in [0.2, 0.25) is 0 Å².